The van der Waals surface area contributed by atoms with E-state index < -0.39 is 4.92 Å². The number of nitro groups is 1. The van der Waals surface area contributed by atoms with Crippen LogP contribution in [0.3, 0.4) is 0 Å². The Morgan fingerprint density at radius 3 is 2.55 bits per heavy atom. The molecule has 1 aromatic carbocycles. The number of ether oxygens (including phenoxy) is 1. The molecule has 0 saturated carbocycles. The number of hydrogen-bond acceptors (Lipinski definition) is 6. The SMILES string of the molecule is CNc1cc(Sc2ccncc2)c(OC(C)C)cc1[N+](=O)[O-]. The number of nitrogens with one attached hydrogen (secondary N) is 1. The molecule has 0 atom stereocenters. The van der Waals surface area contributed by atoms with Gasteiger partial charge in [-0.15, -0.1) is 0 Å². The summed E-state index contributed by atoms with van der Waals surface area (Å²) in [5.74, 6) is 0.502. The first kappa shape index (κ1) is 16.1. The summed E-state index contributed by atoms with van der Waals surface area (Å²) < 4.78 is 5.74. The lowest BCUT2D eigenvalue weighted by molar-refractivity contribution is -0.384. The Morgan fingerprint density at radius 1 is 1.32 bits per heavy atom. The average molecular weight is 319 g/mol. The monoisotopic (exact) mass is 319 g/mol. The van der Waals surface area contributed by atoms with Gasteiger partial charge in [0.2, 0.25) is 0 Å². The van der Waals surface area contributed by atoms with Gasteiger partial charge in [0.05, 0.1) is 22.0 Å². The number of nitro benzene ring substituents is 1. The van der Waals surface area contributed by atoms with Gasteiger partial charge in [-0.3, -0.25) is 15.1 Å². The van der Waals surface area contributed by atoms with Crippen LogP contribution in [0.15, 0.2) is 46.5 Å². The minimum Gasteiger partial charge on any atom is -0.490 e. The molecule has 7 heteroatoms. The second-order valence-electron chi connectivity index (χ2n) is 4.77. The summed E-state index contributed by atoms with van der Waals surface area (Å²) in [4.78, 5) is 16.5. The zero-order valence-corrected chi connectivity index (χ0v) is 13.4. The Hall–Kier alpha value is -2.28. The summed E-state index contributed by atoms with van der Waals surface area (Å²) in [6, 6.07) is 6.96. The topological polar surface area (TPSA) is 77.3 Å². The Balaban J connectivity index is 2.47. The fourth-order valence-electron chi connectivity index (χ4n) is 1.86. The van der Waals surface area contributed by atoms with Gasteiger partial charge in [-0.1, -0.05) is 11.8 Å². The van der Waals surface area contributed by atoms with E-state index >= 15 is 0 Å². The standard InChI is InChI=1S/C15H17N3O3S/c1-10(2)21-14-9-13(18(19)20)12(16-3)8-15(14)22-11-4-6-17-7-5-11/h4-10,16H,1-3H3. The molecule has 0 aliphatic rings. The van der Waals surface area contributed by atoms with Crippen LogP contribution in [0, 0.1) is 10.1 Å². The smallest absolute Gasteiger partial charge is 0.296 e. The molecular weight excluding hydrogens is 302 g/mol. The van der Waals surface area contributed by atoms with E-state index in [0.29, 0.717) is 11.4 Å². The van der Waals surface area contributed by atoms with Gasteiger partial charge in [-0.05, 0) is 32.0 Å². The minimum absolute atomic E-state index is 0.00257. The summed E-state index contributed by atoms with van der Waals surface area (Å²) in [6.45, 7) is 3.78. The third kappa shape index (κ3) is 3.88. The first-order valence-corrected chi connectivity index (χ1v) is 7.57. The highest BCUT2D eigenvalue weighted by atomic mass is 32.2. The van der Waals surface area contributed by atoms with Gasteiger partial charge in [0.15, 0.2) is 0 Å². The quantitative estimate of drug-likeness (QED) is 0.641. The molecule has 1 N–H and O–H groups in total. The normalized spacial score (nSPS) is 10.5. The maximum atomic E-state index is 11.2. The molecule has 0 fully saturated rings. The van der Waals surface area contributed by atoms with Crippen LogP contribution in [0.4, 0.5) is 11.4 Å². The van der Waals surface area contributed by atoms with Crippen molar-refractivity contribution in [3.63, 3.8) is 0 Å². The molecule has 0 aliphatic carbocycles. The summed E-state index contributed by atoms with van der Waals surface area (Å²) in [5.41, 5.74) is 0.454. The van der Waals surface area contributed by atoms with E-state index in [1.165, 1.54) is 17.8 Å². The fourth-order valence-corrected chi connectivity index (χ4v) is 2.76. The first-order valence-electron chi connectivity index (χ1n) is 6.76. The molecule has 6 nitrogen and oxygen atoms in total. The van der Waals surface area contributed by atoms with Crippen LogP contribution in [-0.4, -0.2) is 23.1 Å². The van der Waals surface area contributed by atoms with Gasteiger partial charge in [-0.25, -0.2) is 0 Å². The Bertz CT molecular complexity index is 663. The van der Waals surface area contributed by atoms with Gasteiger partial charge in [0.1, 0.15) is 11.4 Å². The van der Waals surface area contributed by atoms with E-state index in [2.05, 4.69) is 10.3 Å². The highest BCUT2D eigenvalue weighted by Gasteiger charge is 2.19. The summed E-state index contributed by atoms with van der Waals surface area (Å²) >= 11 is 1.48. The van der Waals surface area contributed by atoms with Crippen LogP contribution >= 0.6 is 11.8 Å². The average Bonchev–Trinajstić information content (AvgIpc) is 2.48. The van der Waals surface area contributed by atoms with Crippen LogP contribution in [0.2, 0.25) is 0 Å². The maximum absolute atomic E-state index is 11.2. The third-order valence-electron chi connectivity index (χ3n) is 2.77. The highest BCUT2D eigenvalue weighted by molar-refractivity contribution is 7.99. The van der Waals surface area contributed by atoms with Gasteiger partial charge in [0.25, 0.3) is 5.69 Å². The maximum Gasteiger partial charge on any atom is 0.296 e. The molecule has 0 radical (unpaired) electrons. The molecule has 116 valence electrons. The van der Waals surface area contributed by atoms with Crippen molar-refractivity contribution in [3.05, 3.63) is 46.8 Å². The number of aromatic nitrogens is 1. The summed E-state index contributed by atoms with van der Waals surface area (Å²) in [7, 11) is 1.66. The minimum atomic E-state index is -0.417. The number of pyridine rings is 1. The number of nitrogens with zero attached hydrogens (tertiary/aromatic N) is 2. The lowest BCUT2D eigenvalue weighted by Crippen LogP contribution is -2.07. The second kappa shape index (κ2) is 7.13. The number of hydrogen-bond donors (Lipinski definition) is 1. The fraction of sp³-hybridized carbons (Fsp3) is 0.267. The molecule has 0 saturated heterocycles. The zero-order valence-electron chi connectivity index (χ0n) is 12.6. The molecule has 2 rings (SSSR count). The van der Waals surface area contributed by atoms with Crippen molar-refractivity contribution >= 4 is 23.1 Å². The highest BCUT2D eigenvalue weighted by Crippen LogP contribution is 2.41. The van der Waals surface area contributed by atoms with Crippen LogP contribution < -0.4 is 10.1 Å². The Kier molecular flexibility index (Phi) is 5.21. The Morgan fingerprint density at radius 2 is 2.00 bits per heavy atom. The van der Waals surface area contributed by atoms with Crippen molar-refractivity contribution in [2.24, 2.45) is 0 Å². The summed E-state index contributed by atoms with van der Waals surface area (Å²) in [5, 5.41) is 14.0. The number of benzene rings is 1. The van der Waals surface area contributed by atoms with Gasteiger partial charge in [-0.2, -0.15) is 0 Å². The molecule has 22 heavy (non-hydrogen) atoms. The first-order chi connectivity index (χ1) is 10.5. The molecule has 0 aliphatic heterocycles. The molecule has 1 heterocycles. The van der Waals surface area contributed by atoms with E-state index in [1.54, 1.807) is 25.5 Å². The molecule has 0 amide bonds. The van der Waals surface area contributed by atoms with Crippen LogP contribution in [0.25, 0.3) is 0 Å². The lowest BCUT2D eigenvalue weighted by atomic mass is 10.2. The van der Waals surface area contributed by atoms with Crippen molar-refractivity contribution in [2.45, 2.75) is 29.7 Å². The van der Waals surface area contributed by atoms with E-state index in [-0.39, 0.29) is 11.8 Å². The van der Waals surface area contributed by atoms with Crippen molar-refractivity contribution in [1.29, 1.82) is 0 Å². The van der Waals surface area contributed by atoms with Crippen molar-refractivity contribution in [1.82, 2.24) is 4.98 Å². The summed E-state index contributed by atoms with van der Waals surface area (Å²) in [6.07, 6.45) is 3.34. The van der Waals surface area contributed by atoms with E-state index in [0.717, 1.165) is 9.79 Å². The van der Waals surface area contributed by atoms with Crippen molar-refractivity contribution in [2.75, 3.05) is 12.4 Å². The molecule has 1 aromatic heterocycles. The second-order valence-corrected chi connectivity index (χ2v) is 5.89. The van der Waals surface area contributed by atoms with Crippen LogP contribution in [-0.2, 0) is 0 Å². The van der Waals surface area contributed by atoms with Crippen molar-refractivity contribution < 1.29 is 9.66 Å². The number of rotatable bonds is 6. The molecular formula is C15H17N3O3S. The molecule has 0 spiro atoms. The zero-order chi connectivity index (χ0) is 16.1. The van der Waals surface area contributed by atoms with Gasteiger partial charge in [0, 0.05) is 24.3 Å². The third-order valence-corrected chi connectivity index (χ3v) is 3.82. The van der Waals surface area contributed by atoms with E-state index in [1.807, 2.05) is 26.0 Å². The Labute approximate surface area is 133 Å². The van der Waals surface area contributed by atoms with Crippen LogP contribution in [0.1, 0.15) is 13.8 Å². The predicted octanol–water partition coefficient (Wildman–Crippen LogP) is 3.97. The van der Waals surface area contributed by atoms with E-state index in [9.17, 15) is 10.1 Å². The van der Waals surface area contributed by atoms with Crippen molar-refractivity contribution in [3.8, 4) is 5.75 Å². The van der Waals surface area contributed by atoms with Gasteiger partial charge >= 0.3 is 0 Å². The largest absolute Gasteiger partial charge is 0.490 e. The molecule has 0 unspecified atom stereocenters. The van der Waals surface area contributed by atoms with Crippen LogP contribution in [0.5, 0.6) is 5.75 Å². The number of anilines is 1. The lowest BCUT2D eigenvalue weighted by Gasteiger charge is -2.15. The van der Waals surface area contributed by atoms with E-state index in [4.69, 9.17) is 4.74 Å². The molecule has 0 bridgehead atoms. The molecule has 2 aromatic rings. The predicted molar refractivity (Wildman–Crippen MR) is 86.8 cm³/mol. The van der Waals surface area contributed by atoms with Gasteiger partial charge < -0.3 is 10.1 Å².